The van der Waals surface area contributed by atoms with Gasteiger partial charge in [0.05, 0.1) is 0 Å². The largest absolute Gasteiger partial charge is 0.399 e. The number of benzene rings is 2. The van der Waals surface area contributed by atoms with E-state index in [4.69, 9.17) is 5.73 Å². The normalized spacial score (nSPS) is 10.2. The molecule has 88 valence electrons. The maximum atomic E-state index is 5.78. The van der Waals surface area contributed by atoms with Crippen molar-refractivity contribution in [3.05, 3.63) is 58.6 Å². The molecule has 0 bridgehead atoms. The van der Waals surface area contributed by atoms with Gasteiger partial charge in [-0.25, -0.2) is 0 Å². The van der Waals surface area contributed by atoms with Crippen molar-refractivity contribution in [2.75, 3.05) is 17.7 Å². The molecule has 0 atom stereocenters. The minimum absolute atomic E-state index is 0.793. The fourth-order valence-electron chi connectivity index (χ4n) is 1.74. The van der Waals surface area contributed by atoms with Gasteiger partial charge in [0.15, 0.2) is 0 Å². The molecule has 2 N–H and O–H groups in total. The van der Waals surface area contributed by atoms with Crippen LogP contribution in [-0.2, 0) is 6.54 Å². The van der Waals surface area contributed by atoms with E-state index in [2.05, 4.69) is 46.1 Å². The molecule has 0 aromatic heterocycles. The molecule has 0 aliphatic carbocycles. The first-order valence-electron chi connectivity index (χ1n) is 5.47. The van der Waals surface area contributed by atoms with Gasteiger partial charge in [-0.2, -0.15) is 0 Å². The van der Waals surface area contributed by atoms with Gasteiger partial charge in [0.2, 0.25) is 0 Å². The molecule has 0 saturated carbocycles. The highest BCUT2D eigenvalue weighted by Crippen LogP contribution is 2.22. The van der Waals surface area contributed by atoms with Crippen LogP contribution >= 0.6 is 15.9 Å². The fourth-order valence-corrected chi connectivity index (χ4v) is 2.15. The summed E-state index contributed by atoms with van der Waals surface area (Å²) < 4.78 is 1.13. The molecule has 17 heavy (non-hydrogen) atoms. The van der Waals surface area contributed by atoms with Gasteiger partial charge in [0.25, 0.3) is 0 Å². The number of hydrogen-bond donors (Lipinski definition) is 1. The number of rotatable bonds is 3. The maximum Gasteiger partial charge on any atom is 0.0437 e. The molecule has 0 aliphatic rings. The van der Waals surface area contributed by atoms with Crippen LogP contribution < -0.4 is 10.6 Å². The van der Waals surface area contributed by atoms with Crippen molar-refractivity contribution in [3.63, 3.8) is 0 Å². The number of nitrogens with two attached hydrogens (primary N) is 1. The van der Waals surface area contributed by atoms with E-state index in [9.17, 15) is 0 Å². The van der Waals surface area contributed by atoms with Crippen LogP contribution in [0.2, 0.25) is 0 Å². The lowest BCUT2D eigenvalue weighted by Gasteiger charge is -2.20. The monoisotopic (exact) mass is 290 g/mol. The van der Waals surface area contributed by atoms with E-state index in [1.807, 2.05) is 30.3 Å². The Bertz CT molecular complexity index is 511. The Morgan fingerprint density at radius 3 is 2.59 bits per heavy atom. The van der Waals surface area contributed by atoms with Gasteiger partial charge in [0.1, 0.15) is 0 Å². The Balaban J connectivity index is 2.17. The first-order valence-corrected chi connectivity index (χ1v) is 6.26. The third-order valence-corrected chi connectivity index (χ3v) is 3.45. The quantitative estimate of drug-likeness (QED) is 0.874. The van der Waals surface area contributed by atoms with Crippen molar-refractivity contribution >= 4 is 27.3 Å². The molecule has 0 radical (unpaired) electrons. The predicted molar refractivity (Wildman–Crippen MR) is 77.1 cm³/mol. The lowest BCUT2D eigenvalue weighted by Crippen LogP contribution is -2.16. The van der Waals surface area contributed by atoms with E-state index in [1.54, 1.807) is 0 Å². The average Bonchev–Trinajstić information content (AvgIpc) is 2.32. The summed E-state index contributed by atoms with van der Waals surface area (Å²) in [5.41, 5.74) is 8.96. The molecule has 0 amide bonds. The van der Waals surface area contributed by atoms with E-state index in [0.717, 1.165) is 22.4 Å². The van der Waals surface area contributed by atoms with Crippen molar-refractivity contribution < 1.29 is 0 Å². The van der Waals surface area contributed by atoms with Crippen molar-refractivity contribution in [2.45, 2.75) is 6.54 Å². The second-order valence-corrected chi connectivity index (χ2v) is 4.90. The van der Waals surface area contributed by atoms with Crippen LogP contribution in [0.4, 0.5) is 11.4 Å². The standard InChI is InChI=1S/C14H15BrN2/c1-17(13-7-4-6-12(16)9-13)10-11-5-2-3-8-14(11)15/h2-9H,10,16H2,1H3. The molecule has 3 heteroatoms. The summed E-state index contributed by atoms with van der Waals surface area (Å²) in [6.45, 7) is 0.852. The van der Waals surface area contributed by atoms with Crippen LogP contribution in [0.15, 0.2) is 53.0 Å². The van der Waals surface area contributed by atoms with Crippen LogP contribution in [0.5, 0.6) is 0 Å². The topological polar surface area (TPSA) is 29.3 Å². The summed E-state index contributed by atoms with van der Waals surface area (Å²) in [5, 5.41) is 0. The number of nitrogen functional groups attached to an aromatic ring is 1. The lowest BCUT2D eigenvalue weighted by atomic mass is 10.2. The van der Waals surface area contributed by atoms with Crippen LogP contribution in [0, 0.1) is 0 Å². The zero-order valence-corrected chi connectivity index (χ0v) is 11.3. The molecule has 2 aromatic rings. The third kappa shape index (κ3) is 3.01. The number of nitrogens with zero attached hydrogens (tertiary/aromatic N) is 1. The Hall–Kier alpha value is -1.48. The SMILES string of the molecule is CN(Cc1ccccc1Br)c1cccc(N)c1. The number of hydrogen-bond acceptors (Lipinski definition) is 2. The molecule has 2 nitrogen and oxygen atoms in total. The lowest BCUT2D eigenvalue weighted by molar-refractivity contribution is 0.919. The molecule has 0 unspecified atom stereocenters. The van der Waals surface area contributed by atoms with Crippen molar-refractivity contribution in [1.29, 1.82) is 0 Å². The van der Waals surface area contributed by atoms with Gasteiger partial charge in [-0.15, -0.1) is 0 Å². The second-order valence-electron chi connectivity index (χ2n) is 4.04. The first kappa shape index (κ1) is 12.0. The van der Waals surface area contributed by atoms with E-state index >= 15 is 0 Å². The highest BCUT2D eigenvalue weighted by molar-refractivity contribution is 9.10. The minimum atomic E-state index is 0.793. The Kier molecular flexibility index (Phi) is 3.69. The summed E-state index contributed by atoms with van der Waals surface area (Å²) in [7, 11) is 2.06. The van der Waals surface area contributed by atoms with Crippen molar-refractivity contribution in [3.8, 4) is 0 Å². The third-order valence-electron chi connectivity index (χ3n) is 2.68. The van der Waals surface area contributed by atoms with E-state index < -0.39 is 0 Å². The summed E-state index contributed by atoms with van der Waals surface area (Å²) >= 11 is 3.56. The molecular formula is C14H15BrN2. The molecule has 0 aliphatic heterocycles. The summed E-state index contributed by atoms with van der Waals surface area (Å²) in [6, 6.07) is 16.2. The molecule has 0 spiro atoms. The average molecular weight is 291 g/mol. The zero-order valence-electron chi connectivity index (χ0n) is 9.73. The second kappa shape index (κ2) is 5.23. The molecule has 0 saturated heterocycles. The van der Waals surface area contributed by atoms with Crippen LogP contribution in [0.3, 0.4) is 0 Å². The number of anilines is 2. The van der Waals surface area contributed by atoms with Gasteiger partial charge in [-0.3, -0.25) is 0 Å². The zero-order chi connectivity index (χ0) is 12.3. The molecule has 2 rings (SSSR count). The van der Waals surface area contributed by atoms with Gasteiger partial charge in [-0.1, -0.05) is 40.2 Å². The maximum absolute atomic E-state index is 5.78. The number of halogens is 1. The molecular weight excluding hydrogens is 276 g/mol. The Labute approximate surface area is 110 Å². The Morgan fingerprint density at radius 2 is 1.88 bits per heavy atom. The summed E-state index contributed by atoms with van der Waals surface area (Å²) in [5.74, 6) is 0. The van der Waals surface area contributed by atoms with Crippen LogP contribution in [0.25, 0.3) is 0 Å². The van der Waals surface area contributed by atoms with Crippen molar-refractivity contribution in [1.82, 2.24) is 0 Å². The van der Waals surface area contributed by atoms with Gasteiger partial charge in [0, 0.05) is 29.4 Å². The molecule has 0 fully saturated rings. The summed E-state index contributed by atoms with van der Waals surface area (Å²) in [6.07, 6.45) is 0. The van der Waals surface area contributed by atoms with E-state index in [0.29, 0.717) is 0 Å². The van der Waals surface area contributed by atoms with Crippen LogP contribution in [0.1, 0.15) is 5.56 Å². The van der Waals surface area contributed by atoms with Gasteiger partial charge < -0.3 is 10.6 Å². The van der Waals surface area contributed by atoms with Crippen LogP contribution in [-0.4, -0.2) is 7.05 Å². The predicted octanol–water partition coefficient (Wildman–Crippen LogP) is 3.67. The molecule has 2 aromatic carbocycles. The first-order chi connectivity index (χ1) is 8.16. The summed E-state index contributed by atoms with van der Waals surface area (Å²) in [4.78, 5) is 2.18. The highest BCUT2D eigenvalue weighted by atomic mass is 79.9. The fraction of sp³-hybridized carbons (Fsp3) is 0.143. The Morgan fingerprint density at radius 1 is 1.12 bits per heavy atom. The minimum Gasteiger partial charge on any atom is -0.399 e. The van der Waals surface area contributed by atoms with Gasteiger partial charge in [-0.05, 0) is 29.8 Å². The smallest absolute Gasteiger partial charge is 0.0437 e. The highest BCUT2D eigenvalue weighted by Gasteiger charge is 2.04. The van der Waals surface area contributed by atoms with E-state index in [1.165, 1.54) is 5.56 Å². The molecule has 0 heterocycles. The van der Waals surface area contributed by atoms with E-state index in [-0.39, 0.29) is 0 Å². The van der Waals surface area contributed by atoms with Gasteiger partial charge >= 0.3 is 0 Å². The van der Waals surface area contributed by atoms with Crippen molar-refractivity contribution in [2.24, 2.45) is 0 Å².